The quantitative estimate of drug-likeness (QED) is 0.674. The molecule has 1 unspecified atom stereocenters. The third kappa shape index (κ3) is 8.44. The molecule has 0 radical (unpaired) electrons. The van der Waals surface area contributed by atoms with Crippen molar-refractivity contribution in [3.8, 4) is 0 Å². The van der Waals surface area contributed by atoms with Gasteiger partial charge in [0.25, 0.3) is 0 Å². The first-order chi connectivity index (χ1) is 4.81. The van der Waals surface area contributed by atoms with Crippen LogP contribution in [0.5, 0.6) is 0 Å². The molecule has 0 saturated heterocycles. The third-order valence-electron chi connectivity index (χ3n) is 1.12. The predicted octanol–water partition coefficient (Wildman–Crippen LogP) is 1.65. The summed E-state index contributed by atoms with van der Waals surface area (Å²) in [5.41, 5.74) is 0. The number of hydrogen-bond acceptors (Lipinski definition) is 2. The fourth-order valence-corrected chi connectivity index (χ4v) is 1.94. The Balaban J connectivity index is 3.70. The minimum absolute atomic E-state index is 0.171. The maximum absolute atomic E-state index is 8.76. The van der Waals surface area contributed by atoms with Crippen LogP contribution in [0.2, 0.25) is 0 Å². The molecule has 0 fully saturated rings. The lowest BCUT2D eigenvalue weighted by atomic mass is 10.1. The first-order valence-electron chi connectivity index (χ1n) is 3.55. The molecule has 68 valence electrons. The summed E-state index contributed by atoms with van der Waals surface area (Å²) in [4.78, 5) is 17.5. The van der Waals surface area contributed by atoms with Crippen molar-refractivity contribution in [1.82, 2.24) is 0 Å². The fourth-order valence-electron chi connectivity index (χ4n) is 0.941. The summed E-state index contributed by atoms with van der Waals surface area (Å²) in [7, 11) is 0. The van der Waals surface area contributed by atoms with Gasteiger partial charge in [-0.1, -0.05) is 13.8 Å². The highest BCUT2D eigenvalue weighted by molar-refractivity contribution is 8.06. The zero-order chi connectivity index (χ0) is 9.07. The molecule has 0 spiro atoms. The highest BCUT2D eigenvalue weighted by Crippen LogP contribution is 2.38. The zero-order valence-corrected chi connectivity index (χ0v) is 8.73. The molecule has 0 bridgehead atoms. The maximum atomic E-state index is 8.76. The van der Waals surface area contributed by atoms with Gasteiger partial charge in [0, 0.05) is 0 Å². The Labute approximate surface area is 72.6 Å². The third-order valence-corrected chi connectivity index (χ3v) is 2.01. The van der Waals surface area contributed by atoms with Crippen LogP contribution in [-0.2, 0) is 16.3 Å². The first kappa shape index (κ1) is 11.5. The molecule has 0 aliphatic carbocycles. The Morgan fingerprint density at radius 1 is 1.36 bits per heavy atom. The van der Waals surface area contributed by atoms with Crippen LogP contribution in [0.15, 0.2) is 0 Å². The Morgan fingerprint density at radius 3 is 2.09 bits per heavy atom. The van der Waals surface area contributed by atoms with E-state index in [0.29, 0.717) is 5.92 Å². The summed E-state index contributed by atoms with van der Waals surface area (Å²) in [6.45, 7) is 2.42. The number of rotatable bonds is 4. The Hall–Kier alpha value is 0.530. The molecule has 2 N–H and O–H groups in total. The first-order valence-corrected chi connectivity index (χ1v) is 6.18. The van der Waals surface area contributed by atoms with Crippen molar-refractivity contribution in [2.75, 3.05) is 0 Å². The molecule has 5 heteroatoms. The molecule has 11 heavy (non-hydrogen) atoms. The van der Waals surface area contributed by atoms with E-state index in [9.17, 15) is 0 Å². The topological polar surface area (TPSA) is 49.7 Å². The molecule has 0 rings (SSSR count). The highest BCUT2D eigenvalue weighted by Gasteiger charge is 2.14. The van der Waals surface area contributed by atoms with Gasteiger partial charge in [0.05, 0.1) is 6.10 Å². The van der Waals surface area contributed by atoms with Gasteiger partial charge < -0.3 is 14.3 Å². The van der Waals surface area contributed by atoms with E-state index in [2.05, 4.69) is 11.8 Å². The van der Waals surface area contributed by atoms with E-state index in [1.165, 1.54) is 0 Å². The summed E-state index contributed by atoms with van der Waals surface area (Å²) in [6.07, 6.45) is 0.621. The lowest BCUT2D eigenvalue weighted by Gasteiger charge is -2.17. The van der Waals surface area contributed by atoms with Crippen LogP contribution in [0.1, 0.15) is 27.2 Å². The SMILES string of the molecule is CC(C)CC(C)OP(O)(O)=S. The van der Waals surface area contributed by atoms with Crippen LogP contribution in [0.4, 0.5) is 0 Å². The molecule has 0 saturated carbocycles. The minimum atomic E-state index is -3.44. The fraction of sp³-hybridized carbons (Fsp3) is 1.00. The molecule has 0 amide bonds. The molecule has 1 atom stereocenters. The van der Waals surface area contributed by atoms with Crippen LogP contribution in [0.3, 0.4) is 0 Å². The Kier molecular flexibility index (Phi) is 4.75. The standard InChI is InChI=1S/C6H15O3PS/c1-5(2)4-6(3)9-10(7,8)11/h5-6H,4H2,1-3H3,(H2,7,8,11). The van der Waals surface area contributed by atoms with Crippen LogP contribution < -0.4 is 0 Å². The molecule has 0 aromatic carbocycles. The van der Waals surface area contributed by atoms with Gasteiger partial charge in [-0.3, -0.25) is 0 Å². The Morgan fingerprint density at radius 2 is 1.82 bits per heavy atom. The molecular formula is C6H15O3PS. The molecule has 0 aromatic rings. The lowest BCUT2D eigenvalue weighted by Crippen LogP contribution is -2.09. The van der Waals surface area contributed by atoms with Crippen molar-refractivity contribution in [2.45, 2.75) is 33.3 Å². The van der Waals surface area contributed by atoms with Gasteiger partial charge in [0.1, 0.15) is 0 Å². The highest BCUT2D eigenvalue weighted by atomic mass is 32.5. The van der Waals surface area contributed by atoms with Crippen molar-refractivity contribution in [3.63, 3.8) is 0 Å². The summed E-state index contributed by atoms with van der Waals surface area (Å²) in [5, 5.41) is 0. The van der Waals surface area contributed by atoms with Gasteiger partial charge in [-0.25, -0.2) is 0 Å². The van der Waals surface area contributed by atoms with Gasteiger partial charge in [-0.15, -0.1) is 0 Å². The minimum Gasteiger partial charge on any atom is -0.325 e. The summed E-state index contributed by atoms with van der Waals surface area (Å²) < 4.78 is 4.79. The molecule has 0 aliphatic rings. The monoisotopic (exact) mass is 198 g/mol. The average Bonchev–Trinajstić information content (AvgIpc) is 1.53. The van der Waals surface area contributed by atoms with Crippen molar-refractivity contribution in [2.24, 2.45) is 5.92 Å². The number of hydrogen-bond donors (Lipinski definition) is 2. The van der Waals surface area contributed by atoms with E-state index in [1.807, 2.05) is 13.8 Å². The van der Waals surface area contributed by atoms with Crippen molar-refractivity contribution >= 4 is 18.5 Å². The Bertz CT molecular complexity index is 154. The maximum Gasteiger partial charge on any atom is 0.322 e. The summed E-state index contributed by atoms with van der Waals surface area (Å²) >= 11 is 4.31. The van der Waals surface area contributed by atoms with E-state index in [-0.39, 0.29) is 6.10 Å². The van der Waals surface area contributed by atoms with Gasteiger partial charge >= 0.3 is 6.72 Å². The largest absolute Gasteiger partial charge is 0.325 e. The summed E-state index contributed by atoms with van der Waals surface area (Å²) in [5.74, 6) is 0.478. The van der Waals surface area contributed by atoms with E-state index < -0.39 is 6.72 Å². The lowest BCUT2D eigenvalue weighted by molar-refractivity contribution is 0.162. The molecule has 3 nitrogen and oxygen atoms in total. The van der Waals surface area contributed by atoms with Gasteiger partial charge in [0.15, 0.2) is 0 Å². The van der Waals surface area contributed by atoms with E-state index in [4.69, 9.17) is 14.3 Å². The molecule has 0 heterocycles. The molecular weight excluding hydrogens is 183 g/mol. The average molecular weight is 198 g/mol. The van der Waals surface area contributed by atoms with Crippen LogP contribution in [0, 0.1) is 5.92 Å². The second-order valence-electron chi connectivity index (χ2n) is 3.04. The molecule has 0 aliphatic heterocycles. The van der Waals surface area contributed by atoms with E-state index >= 15 is 0 Å². The smallest absolute Gasteiger partial charge is 0.322 e. The summed E-state index contributed by atoms with van der Waals surface area (Å²) in [6, 6.07) is 0. The van der Waals surface area contributed by atoms with E-state index in [0.717, 1.165) is 6.42 Å². The van der Waals surface area contributed by atoms with Crippen molar-refractivity contribution in [3.05, 3.63) is 0 Å². The van der Waals surface area contributed by atoms with Crippen LogP contribution >= 0.6 is 6.72 Å². The van der Waals surface area contributed by atoms with E-state index in [1.54, 1.807) is 6.92 Å². The van der Waals surface area contributed by atoms with Gasteiger partial charge in [-0.05, 0) is 31.1 Å². The van der Waals surface area contributed by atoms with Gasteiger partial charge in [-0.2, -0.15) is 0 Å². The van der Waals surface area contributed by atoms with Crippen molar-refractivity contribution < 1.29 is 14.3 Å². The second-order valence-corrected chi connectivity index (χ2v) is 5.66. The van der Waals surface area contributed by atoms with Crippen molar-refractivity contribution in [1.29, 1.82) is 0 Å². The predicted molar refractivity (Wildman–Crippen MR) is 48.7 cm³/mol. The van der Waals surface area contributed by atoms with Gasteiger partial charge in [0.2, 0.25) is 0 Å². The van der Waals surface area contributed by atoms with Crippen LogP contribution in [0.25, 0.3) is 0 Å². The zero-order valence-electron chi connectivity index (χ0n) is 7.02. The van der Waals surface area contributed by atoms with Crippen LogP contribution in [-0.4, -0.2) is 15.9 Å². The second kappa shape index (κ2) is 4.53. The molecule has 0 aromatic heterocycles. The normalized spacial score (nSPS) is 15.5.